The van der Waals surface area contributed by atoms with E-state index in [1.807, 2.05) is 0 Å². The largest absolute Gasteiger partial charge is 0.465 e. The SMILES string of the molecule is COC(=O)c1cc(Br)ccc1/C=N/O. The normalized spacial score (nSPS) is 10.4. The van der Waals surface area contributed by atoms with Crippen molar-refractivity contribution in [2.75, 3.05) is 7.11 Å². The molecule has 0 spiro atoms. The van der Waals surface area contributed by atoms with E-state index in [9.17, 15) is 4.79 Å². The first-order valence-corrected chi connectivity index (χ1v) is 4.53. The van der Waals surface area contributed by atoms with Crippen molar-refractivity contribution in [1.82, 2.24) is 0 Å². The van der Waals surface area contributed by atoms with Crippen LogP contribution in [0.3, 0.4) is 0 Å². The van der Waals surface area contributed by atoms with E-state index in [1.165, 1.54) is 13.3 Å². The Morgan fingerprint density at radius 2 is 2.36 bits per heavy atom. The van der Waals surface area contributed by atoms with Gasteiger partial charge in [-0.2, -0.15) is 0 Å². The lowest BCUT2D eigenvalue weighted by molar-refractivity contribution is 0.0600. The third-order valence-electron chi connectivity index (χ3n) is 1.62. The highest BCUT2D eigenvalue weighted by atomic mass is 79.9. The lowest BCUT2D eigenvalue weighted by atomic mass is 10.1. The van der Waals surface area contributed by atoms with Gasteiger partial charge in [-0.25, -0.2) is 4.79 Å². The number of ether oxygens (including phenoxy) is 1. The zero-order valence-corrected chi connectivity index (χ0v) is 8.98. The Labute approximate surface area is 89.3 Å². The average Bonchev–Trinajstić information content (AvgIpc) is 2.20. The zero-order valence-electron chi connectivity index (χ0n) is 7.40. The Morgan fingerprint density at radius 3 is 2.93 bits per heavy atom. The second kappa shape index (κ2) is 4.76. The summed E-state index contributed by atoms with van der Waals surface area (Å²) in [6, 6.07) is 4.99. The predicted molar refractivity (Wildman–Crippen MR) is 54.9 cm³/mol. The molecule has 14 heavy (non-hydrogen) atoms. The van der Waals surface area contributed by atoms with E-state index in [2.05, 4.69) is 25.8 Å². The Morgan fingerprint density at radius 1 is 1.64 bits per heavy atom. The zero-order chi connectivity index (χ0) is 10.6. The minimum atomic E-state index is -0.471. The van der Waals surface area contributed by atoms with Gasteiger partial charge in [-0.05, 0) is 12.1 Å². The van der Waals surface area contributed by atoms with E-state index in [1.54, 1.807) is 18.2 Å². The maximum Gasteiger partial charge on any atom is 0.338 e. The van der Waals surface area contributed by atoms with Gasteiger partial charge in [-0.1, -0.05) is 27.2 Å². The molecule has 0 amide bonds. The van der Waals surface area contributed by atoms with Crippen molar-refractivity contribution < 1.29 is 14.7 Å². The summed E-state index contributed by atoms with van der Waals surface area (Å²) in [5.41, 5.74) is 0.849. The second-order valence-corrected chi connectivity index (χ2v) is 3.38. The minimum Gasteiger partial charge on any atom is -0.465 e. The Balaban J connectivity index is 3.22. The molecule has 0 aliphatic carbocycles. The van der Waals surface area contributed by atoms with Crippen molar-refractivity contribution in [3.8, 4) is 0 Å². The molecule has 1 rings (SSSR count). The number of halogens is 1. The van der Waals surface area contributed by atoms with Gasteiger partial charge >= 0.3 is 5.97 Å². The molecule has 5 heteroatoms. The molecule has 0 aliphatic rings. The lowest BCUT2D eigenvalue weighted by Gasteiger charge is -2.03. The number of oxime groups is 1. The summed E-state index contributed by atoms with van der Waals surface area (Å²) in [6.45, 7) is 0. The van der Waals surface area contributed by atoms with Crippen LogP contribution in [0.5, 0.6) is 0 Å². The molecule has 0 unspecified atom stereocenters. The van der Waals surface area contributed by atoms with E-state index in [-0.39, 0.29) is 0 Å². The van der Waals surface area contributed by atoms with Crippen LogP contribution in [0.15, 0.2) is 27.8 Å². The second-order valence-electron chi connectivity index (χ2n) is 2.47. The molecule has 0 aliphatic heterocycles. The van der Waals surface area contributed by atoms with Crippen LogP contribution in [0.1, 0.15) is 15.9 Å². The van der Waals surface area contributed by atoms with Crippen LogP contribution in [0.2, 0.25) is 0 Å². The van der Waals surface area contributed by atoms with Gasteiger partial charge in [0.15, 0.2) is 0 Å². The molecule has 0 radical (unpaired) electrons. The van der Waals surface area contributed by atoms with Crippen LogP contribution >= 0.6 is 15.9 Å². The van der Waals surface area contributed by atoms with Gasteiger partial charge in [-0.3, -0.25) is 0 Å². The number of carbonyl (C=O) groups is 1. The van der Waals surface area contributed by atoms with Gasteiger partial charge in [0, 0.05) is 10.0 Å². The fourth-order valence-electron chi connectivity index (χ4n) is 0.990. The van der Waals surface area contributed by atoms with Crippen LogP contribution < -0.4 is 0 Å². The number of carbonyl (C=O) groups excluding carboxylic acids is 1. The number of hydrogen-bond acceptors (Lipinski definition) is 4. The number of rotatable bonds is 2. The van der Waals surface area contributed by atoms with Crippen LogP contribution in [0, 0.1) is 0 Å². The van der Waals surface area contributed by atoms with Crippen LogP contribution in [-0.4, -0.2) is 24.5 Å². The van der Waals surface area contributed by atoms with E-state index >= 15 is 0 Å². The fraction of sp³-hybridized carbons (Fsp3) is 0.111. The maximum absolute atomic E-state index is 11.3. The monoisotopic (exact) mass is 257 g/mol. The summed E-state index contributed by atoms with van der Waals surface area (Å²) in [7, 11) is 1.29. The maximum atomic E-state index is 11.3. The van der Waals surface area contributed by atoms with Gasteiger partial charge in [0.25, 0.3) is 0 Å². The van der Waals surface area contributed by atoms with E-state index < -0.39 is 5.97 Å². The van der Waals surface area contributed by atoms with Gasteiger partial charge in [0.2, 0.25) is 0 Å². The van der Waals surface area contributed by atoms with E-state index in [4.69, 9.17) is 5.21 Å². The summed E-state index contributed by atoms with van der Waals surface area (Å²) in [4.78, 5) is 11.3. The summed E-state index contributed by atoms with van der Waals surface area (Å²) >= 11 is 3.23. The molecule has 74 valence electrons. The molecule has 0 aromatic heterocycles. The highest BCUT2D eigenvalue weighted by Gasteiger charge is 2.10. The van der Waals surface area contributed by atoms with Gasteiger partial charge < -0.3 is 9.94 Å². The molecule has 0 heterocycles. The van der Waals surface area contributed by atoms with Crippen LogP contribution in [0.25, 0.3) is 0 Å². The third-order valence-corrected chi connectivity index (χ3v) is 2.11. The van der Waals surface area contributed by atoms with Crippen LogP contribution in [0.4, 0.5) is 0 Å². The average molecular weight is 258 g/mol. The van der Waals surface area contributed by atoms with Crippen molar-refractivity contribution in [3.63, 3.8) is 0 Å². The Hall–Kier alpha value is -1.36. The number of benzene rings is 1. The smallest absolute Gasteiger partial charge is 0.338 e. The van der Waals surface area contributed by atoms with E-state index in [0.717, 1.165) is 4.47 Å². The Kier molecular flexibility index (Phi) is 3.64. The quantitative estimate of drug-likeness (QED) is 0.382. The molecule has 0 atom stereocenters. The van der Waals surface area contributed by atoms with Crippen molar-refractivity contribution in [2.24, 2.45) is 5.16 Å². The topological polar surface area (TPSA) is 58.9 Å². The first-order valence-electron chi connectivity index (χ1n) is 3.74. The first kappa shape index (κ1) is 10.7. The van der Waals surface area contributed by atoms with Crippen molar-refractivity contribution >= 4 is 28.1 Å². The molecule has 0 bridgehead atoms. The highest BCUT2D eigenvalue weighted by Crippen LogP contribution is 2.16. The standard InChI is InChI=1S/C9H8BrNO3/c1-14-9(12)8-4-7(10)3-2-6(8)5-11-13/h2-5,13H,1H3/b11-5+. The summed E-state index contributed by atoms with van der Waals surface area (Å²) in [5.74, 6) is -0.471. The number of methoxy groups -OCH3 is 1. The minimum absolute atomic E-state index is 0.347. The molecule has 1 aromatic rings. The lowest BCUT2D eigenvalue weighted by Crippen LogP contribution is -2.05. The number of esters is 1. The van der Waals surface area contributed by atoms with Gasteiger partial charge in [-0.15, -0.1) is 0 Å². The molecular formula is C9H8BrNO3. The molecule has 0 saturated heterocycles. The van der Waals surface area contributed by atoms with Crippen molar-refractivity contribution in [3.05, 3.63) is 33.8 Å². The van der Waals surface area contributed by atoms with Gasteiger partial charge in [0.05, 0.1) is 18.9 Å². The molecule has 0 saturated carbocycles. The predicted octanol–water partition coefficient (Wildman–Crippen LogP) is 2.04. The number of hydrogen-bond donors (Lipinski definition) is 1. The first-order chi connectivity index (χ1) is 6.69. The summed E-state index contributed by atoms with van der Waals surface area (Å²) in [6.07, 6.45) is 1.18. The van der Waals surface area contributed by atoms with E-state index in [0.29, 0.717) is 11.1 Å². The molecule has 4 nitrogen and oxygen atoms in total. The molecule has 1 aromatic carbocycles. The Bertz CT molecular complexity index is 376. The van der Waals surface area contributed by atoms with Crippen LogP contribution in [-0.2, 0) is 4.74 Å². The molecule has 1 N–H and O–H groups in total. The highest BCUT2D eigenvalue weighted by molar-refractivity contribution is 9.10. The molecule has 0 fully saturated rings. The number of nitrogens with zero attached hydrogens (tertiary/aromatic N) is 1. The van der Waals surface area contributed by atoms with Crippen molar-refractivity contribution in [2.45, 2.75) is 0 Å². The van der Waals surface area contributed by atoms with Crippen molar-refractivity contribution in [1.29, 1.82) is 0 Å². The molecular weight excluding hydrogens is 250 g/mol. The summed E-state index contributed by atoms with van der Waals surface area (Å²) < 4.78 is 5.33. The fourth-order valence-corrected chi connectivity index (χ4v) is 1.35. The summed E-state index contributed by atoms with van der Waals surface area (Å²) in [5, 5.41) is 11.2. The third kappa shape index (κ3) is 2.32. The van der Waals surface area contributed by atoms with Gasteiger partial charge in [0.1, 0.15) is 0 Å².